The second kappa shape index (κ2) is 4.95. The van der Waals surface area contributed by atoms with E-state index in [1.54, 1.807) is 17.8 Å². The van der Waals surface area contributed by atoms with Gasteiger partial charge in [0.1, 0.15) is 0 Å². The summed E-state index contributed by atoms with van der Waals surface area (Å²) < 4.78 is 0. The van der Waals surface area contributed by atoms with Gasteiger partial charge in [0.2, 0.25) is 0 Å². The van der Waals surface area contributed by atoms with Gasteiger partial charge in [0.25, 0.3) is 0 Å². The van der Waals surface area contributed by atoms with Gasteiger partial charge in [0.05, 0.1) is 0 Å². The summed E-state index contributed by atoms with van der Waals surface area (Å²) in [6.07, 6.45) is 4.53. The van der Waals surface area contributed by atoms with Crippen molar-refractivity contribution in [1.29, 1.82) is 0 Å². The van der Waals surface area contributed by atoms with Gasteiger partial charge in [-0.3, -0.25) is 4.98 Å². The van der Waals surface area contributed by atoms with Gasteiger partial charge in [-0.15, -0.1) is 0 Å². The fourth-order valence-corrected chi connectivity index (χ4v) is 1.22. The molecular formula is C9H12N2S. The highest BCUT2D eigenvalue weighted by Crippen LogP contribution is 1.99. The predicted molar refractivity (Wildman–Crippen MR) is 54.4 cm³/mol. The van der Waals surface area contributed by atoms with Crippen molar-refractivity contribution in [2.45, 2.75) is 12.5 Å². The fraction of sp³-hybridized carbons (Fsp3) is 0.333. The summed E-state index contributed by atoms with van der Waals surface area (Å²) in [7, 11) is 1.91. The van der Waals surface area contributed by atoms with Crippen molar-refractivity contribution in [3.63, 3.8) is 0 Å². The number of aromatic nitrogens is 1. The molecule has 1 atom stereocenters. The molecule has 0 radical (unpaired) electrons. The summed E-state index contributed by atoms with van der Waals surface area (Å²) in [4.78, 5) is 3.95. The van der Waals surface area contributed by atoms with E-state index in [1.807, 2.05) is 19.2 Å². The van der Waals surface area contributed by atoms with Crippen LogP contribution in [0, 0.1) is 0 Å². The van der Waals surface area contributed by atoms with E-state index in [1.165, 1.54) is 5.56 Å². The van der Waals surface area contributed by atoms with Crippen LogP contribution in [0.15, 0.2) is 24.5 Å². The molecule has 0 bridgehead atoms. The van der Waals surface area contributed by atoms with Gasteiger partial charge >= 0.3 is 0 Å². The smallest absolute Gasteiger partial charge is 0.0391 e. The van der Waals surface area contributed by atoms with Crippen molar-refractivity contribution in [3.05, 3.63) is 30.1 Å². The Morgan fingerprint density at radius 2 is 2.25 bits per heavy atom. The molecule has 1 N–H and O–H groups in total. The minimum Gasteiger partial charge on any atom is -0.313 e. The average molecular weight is 180 g/mol. The number of pyridine rings is 1. The standard InChI is InChI=1S/C9H12N2S/c1-10-9(7-12)6-8-2-4-11-5-3-8/h2-5,7,9-10H,6H2,1H3. The fourth-order valence-electron chi connectivity index (χ4n) is 0.991. The van der Waals surface area contributed by atoms with E-state index in [2.05, 4.69) is 10.3 Å². The maximum atomic E-state index is 4.87. The van der Waals surface area contributed by atoms with Gasteiger partial charge in [-0.2, -0.15) is 0 Å². The third-order valence-corrected chi connectivity index (χ3v) is 2.07. The lowest BCUT2D eigenvalue weighted by Crippen LogP contribution is -2.28. The molecule has 0 spiro atoms. The molecule has 64 valence electrons. The molecule has 1 heterocycles. The number of rotatable bonds is 4. The van der Waals surface area contributed by atoms with Crippen molar-refractivity contribution in [1.82, 2.24) is 10.3 Å². The van der Waals surface area contributed by atoms with E-state index in [4.69, 9.17) is 12.2 Å². The maximum Gasteiger partial charge on any atom is 0.0391 e. The Kier molecular flexibility index (Phi) is 3.84. The molecule has 0 fully saturated rings. The Morgan fingerprint density at radius 3 is 2.75 bits per heavy atom. The van der Waals surface area contributed by atoms with Gasteiger partial charge in [0.15, 0.2) is 0 Å². The number of hydrogen-bond acceptors (Lipinski definition) is 3. The second-order valence-electron chi connectivity index (χ2n) is 2.59. The van der Waals surface area contributed by atoms with E-state index >= 15 is 0 Å². The normalized spacial score (nSPS) is 12.4. The highest BCUT2D eigenvalue weighted by atomic mass is 32.1. The molecule has 0 amide bonds. The number of nitrogens with zero attached hydrogens (tertiary/aromatic N) is 1. The quantitative estimate of drug-likeness (QED) is 0.705. The van der Waals surface area contributed by atoms with E-state index in [0.29, 0.717) is 0 Å². The van der Waals surface area contributed by atoms with E-state index in [-0.39, 0.29) is 6.04 Å². The van der Waals surface area contributed by atoms with Crippen LogP contribution in [-0.4, -0.2) is 23.4 Å². The molecule has 0 aromatic carbocycles. The zero-order valence-corrected chi connectivity index (χ0v) is 7.84. The Bertz CT molecular complexity index is 236. The molecule has 0 saturated heterocycles. The van der Waals surface area contributed by atoms with Crippen molar-refractivity contribution in [2.24, 2.45) is 0 Å². The number of hydrogen-bond donors (Lipinski definition) is 1. The van der Waals surface area contributed by atoms with E-state index < -0.39 is 0 Å². The van der Waals surface area contributed by atoms with Gasteiger partial charge in [0, 0.05) is 18.4 Å². The number of likely N-dealkylation sites (N-methyl/N-ethyl adjacent to an activating group) is 1. The van der Waals surface area contributed by atoms with E-state index in [0.717, 1.165) is 6.42 Å². The molecule has 1 unspecified atom stereocenters. The first-order valence-corrected chi connectivity index (χ1v) is 4.35. The summed E-state index contributed by atoms with van der Waals surface area (Å²) in [6.45, 7) is 0. The summed E-state index contributed by atoms with van der Waals surface area (Å²) in [5.74, 6) is 0. The number of thiocarbonyl (C=S) groups is 1. The predicted octanol–water partition coefficient (Wildman–Crippen LogP) is 1.21. The zero-order valence-electron chi connectivity index (χ0n) is 7.03. The molecule has 0 aliphatic rings. The van der Waals surface area contributed by atoms with Gasteiger partial charge in [-0.05, 0) is 36.5 Å². The monoisotopic (exact) mass is 180 g/mol. The molecule has 1 rings (SSSR count). The molecule has 1 aromatic rings. The molecule has 2 nitrogen and oxygen atoms in total. The minimum atomic E-state index is 0.280. The van der Waals surface area contributed by atoms with Crippen LogP contribution in [0.2, 0.25) is 0 Å². The van der Waals surface area contributed by atoms with Crippen LogP contribution in [-0.2, 0) is 6.42 Å². The Morgan fingerprint density at radius 1 is 1.58 bits per heavy atom. The van der Waals surface area contributed by atoms with Crippen molar-refractivity contribution < 1.29 is 0 Å². The third kappa shape index (κ3) is 2.68. The highest BCUT2D eigenvalue weighted by molar-refractivity contribution is 7.79. The average Bonchev–Trinajstić information content (AvgIpc) is 2.16. The third-order valence-electron chi connectivity index (χ3n) is 1.74. The van der Waals surface area contributed by atoms with Crippen LogP contribution in [0.1, 0.15) is 5.56 Å². The molecule has 0 aliphatic heterocycles. The number of nitrogens with one attached hydrogen (secondary N) is 1. The highest BCUT2D eigenvalue weighted by Gasteiger charge is 2.01. The largest absolute Gasteiger partial charge is 0.313 e. The zero-order chi connectivity index (χ0) is 8.81. The Hall–Kier alpha value is -0.800. The Balaban J connectivity index is 2.56. The summed E-state index contributed by atoms with van der Waals surface area (Å²) in [5.41, 5.74) is 1.26. The van der Waals surface area contributed by atoms with Crippen LogP contribution >= 0.6 is 12.2 Å². The SMILES string of the molecule is CNC(C=S)Cc1ccncc1. The molecule has 0 saturated carbocycles. The molecule has 3 heteroatoms. The second-order valence-corrected chi connectivity index (χ2v) is 2.86. The first kappa shape index (κ1) is 9.29. The van der Waals surface area contributed by atoms with Crippen LogP contribution in [0.25, 0.3) is 0 Å². The summed E-state index contributed by atoms with van der Waals surface area (Å²) in [6, 6.07) is 4.29. The molecular weight excluding hydrogens is 168 g/mol. The maximum absolute atomic E-state index is 4.87. The van der Waals surface area contributed by atoms with Crippen molar-refractivity contribution in [3.8, 4) is 0 Å². The molecule has 12 heavy (non-hydrogen) atoms. The molecule has 1 aromatic heterocycles. The van der Waals surface area contributed by atoms with E-state index in [9.17, 15) is 0 Å². The Labute approximate surface area is 78.0 Å². The lowest BCUT2D eigenvalue weighted by atomic mass is 10.1. The van der Waals surface area contributed by atoms with Crippen molar-refractivity contribution in [2.75, 3.05) is 7.05 Å². The first-order valence-electron chi connectivity index (χ1n) is 3.88. The summed E-state index contributed by atoms with van der Waals surface area (Å²) >= 11 is 4.87. The minimum absolute atomic E-state index is 0.280. The van der Waals surface area contributed by atoms with Crippen LogP contribution < -0.4 is 5.32 Å². The lowest BCUT2D eigenvalue weighted by Gasteiger charge is -2.09. The van der Waals surface area contributed by atoms with Crippen LogP contribution in [0.5, 0.6) is 0 Å². The van der Waals surface area contributed by atoms with Crippen molar-refractivity contribution >= 4 is 17.6 Å². The molecule has 0 aliphatic carbocycles. The summed E-state index contributed by atoms with van der Waals surface area (Å²) in [5, 5.41) is 4.87. The van der Waals surface area contributed by atoms with Crippen LogP contribution in [0.4, 0.5) is 0 Å². The topological polar surface area (TPSA) is 24.9 Å². The van der Waals surface area contributed by atoms with Gasteiger partial charge < -0.3 is 5.32 Å². The van der Waals surface area contributed by atoms with Gasteiger partial charge in [-0.25, -0.2) is 0 Å². The lowest BCUT2D eigenvalue weighted by molar-refractivity contribution is 0.712. The van der Waals surface area contributed by atoms with Crippen LogP contribution in [0.3, 0.4) is 0 Å². The van der Waals surface area contributed by atoms with Gasteiger partial charge in [-0.1, -0.05) is 12.2 Å². The first-order chi connectivity index (χ1) is 5.86.